The number of nitrogens with one attached hydrogen (secondary N) is 1. The SMILES string of the molecule is CSc1ccc(-c2ccc3c(c2)C(=O)N2CCN(C(=O)[C@@H](O)c4ccccc4)C[C@H]2C(=O)N3)cc1. The number of nitrogens with zero attached hydrogens (tertiary/aromatic N) is 2. The summed E-state index contributed by atoms with van der Waals surface area (Å²) in [5.41, 5.74) is 3.25. The summed E-state index contributed by atoms with van der Waals surface area (Å²) in [5, 5.41) is 13.4. The highest BCUT2D eigenvalue weighted by molar-refractivity contribution is 7.98. The number of aliphatic hydroxyl groups is 1. The Morgan fingerprint density at radius 2 is 1.71 bits per heavy atom. The van der Waals surface area contributed by atoms with E-state index in [-0.39, 0.29) is 31.4 Å². The minimum absolute atomic E-state index is 0.0251. The monoisotopic (exact) mass is 487 g/mol. The molecule has 5 rings (SSSR count). The van der Waals surface area contributed by atoms with E-state index in [0.29, 0.717) is 16.8 Å². The summed E-state index contributed by atoms with van der Waals surface area (Å²) in [5.74, 6) is -1.07. The first-order chi connectivity index (χ1) is 17.0. The average molecular weight is 488 g/mol. The van der Waals surface area contributed by atoms with E-state index >= 15 is 0 Å². The van der Waals surface area contributed by atoms with Gasteiger partial charge in [0, 0.05) is 18.0 Å². The Hall–Kier alpha value is -3.62. The van der Waals surface area contributed by atoms with E-state index in [1.54, 1.807) is 42.1 Å². The number of anilines is 1. The van der Waals surface area contributed by atoms with Crippen molar-refractivity contribution in [3.05, 3.63) is 83.9 Å². The van der Waals surface area contributed by atoms with Crippen molar-refractivity contribution < 1.29 is 19.5 Å². The molecule has 1 fully saturated rings. The number of rotatable bonds is 4. The Morgan fingerprint density at radius 3 is 2.43 bits per heavy atom. The Balaban J connectivity index is 1.38. The van der Waals surface area contributed by atoms with Crippen molar-refractivity contribution in [2.45, 2.75) is 17.0 Å². The van der Waals surface area contributed by atoms with Crippen LogP contribution in [0.4, 0.5) is 5.69 Å². The van der Waals surface area contributed by atoms with Crippen LogP contribution in [-0.2, 0) is 9.59 Å². The van der Waals surface area contributed by atoms with Crippen molar-refractivity contribution >= 4 is 35.2 Å². The molecule has 0 bridgehead atoms. The minimum Gasteiger partial charge on any atom is -0.378 e. The van der Waals surface area contributed by atoms with Gasteiger partial charge in [0.25, 0.3) is 11.8 Å². The fraction of sp³-hybridized carbons (Fsp3) is 0.222. The molecule has 0 radical (unpaired) electrons. The average Bonchev–Trinajstić information content (AvgIpc) is 3.01. The van der Waals surface area contributed by atoms with Gasteiger partial charge in [-0.3, -0.25) is 14.4 Å². The molecule has 0 aromatic heterocycles. The van der Waals surface area contributed by atoms with Crippen molar-refractivity contribution in [2.75, 3.05) is 31.2 Å². The molecule has 7 nitrogen and oxygen atoms in total. The van der Waals surface area contributed by atoms with E-state index in [1.165, 1.54) is 9.80 Å². The van der Waals surface area contributed by atoms with E-state index in [9.17, 15) is 19.5 Å². The smallest absolute Gasteiger partial charge is 0.256 e. The molecule has 0 unspecified atom stereocenters. The number of aliphatic hydroxyl groups excluding tert-OH is 1. The molecule has 3 aromatic rings. The van der Waals surface area contributed by atoms with Crippen LogP contribution in [0.25, 0.3) is 11.1 Å². The van der Waals surface area contributed by atoms with Crippen LogP contribution in [-0.4, -0.2) is 64.6 Å². The van der Waals surface area contributed by atoms with Crippen LogP contribution in [0.5, 0.6) is 0 Å². The maximum Gasteiger partial charge on any atom is 0.256 e. The predicted molar refractivity (Wildman–Crippen MR) is 135 cm³/mol. The fourth-order valence-electron chi connectivity index (χ4n) is 4.57. The molecule has 178 valence electrons. The number of carbonyl (C=O) groups excluding carboxylic acids is 3. The highest BCUT2D eigenvalue weighted by Crippen LogP contribution is 2.31. The summed E-state index contributed by atoms with van der Waals surface area (Å²) in [4.78, 5) is 43.7. The topological polar surface area (TPSA) is 90.0 Å². The van der Waals surface area contributed by atoms with Crippen molar-refractivity contribution in [1.82, 2.24) is 9.80 Å². The molecule has 0 saturated carbocycles. The number of carbonyl (C=O) groups is 3. The first kappa shape index (κ1) is 23.1. The zero-order valence-corrected chi connectivity index (χ0v) is 20.0. The standard InChI is InChI=1S/C27H25N3O4S/c1-35-20-10-7-17(8-11-20)19-9-12-22-21(15-19)26(33)30-14-13-29(16-23(30)25(32)28-22)27(34)24(31)18-5-3-2-4-6-18/h2-12,15,23-24,31H,13-14,16H2,1H3,(H,28,32)/t23-,24-/m0/s1. The second kappa shape index (κ2) is 9.56. The first-order valence-electron chi connectivity index (χ1n) is 11.4. The van der Waals surface area contributed by atoms with Gasteiger partial charge in [-0.05, 0) is 47.2 Å². The molecule has 35 heavy (non-hydrogen) atoms. The number of thioether (sulfide) groups is 1. The molecule has 2 aliphatic heterocycles. The van der Waals surface area contributed by atoms with E-state index in [4.69, 9.17) is 0 Å². The number of fused-ring (bicyclic) bond motifs is 2. The fourth-order valence-corrected chi connectivity index (χ4v) is 4.97. The zero-order chi connectivity index (χ0) is 24.5. The molecule has 2 atom stereocenters. The van der Waals surface area contributed by atoms with E-state index < -0.39 is 18.1 Å². The van der Waals surface area contributed by atoms with E-state index in [1.807, 2.05) is 48.7 Å². The van der Waals surface area contributed by atoms with Crippen molar-refractivity contribution in [3.8, 4) is 11.1 Å². The van der Waals surface area contributed by atoms with Crippen LogP contribution in [0.2, 0.25) is 0 Å². The summed E-state index contributed by atoms with van der Waals surface area (Å²) in [6.45, 7) is 0.469. The van der Waals surface area contributed by atoms with Gasteiger partial charge in [0.15, 0.2) is 6.10 Å². The Labute approximate surface area is 207 Å². The third-order valence-electron chi connectivity index (χ3n) is 6.54. The van der Waals surface area contributed by atoms with Gasteiger partial charge in [-0.15, -0.1) is 11.8 Å². The van der Waals surface area contributed by atoms with Crippen LogP contribution < -0.4 is 5.32 Å². The normalized spacial score (nSPS) is 18.3. The molecule has 2 aliphatic rings. The summed E-state index contributed by atoms with van der Waals surface area (Å²) >= 11 is 1.66. The number of piperazine rings is 1. The summed E-state index contributed by atoms with van der Waals surface area (Å²) in [7, 11) is 0. The number of hydrogen-bond acceptors (Lipinski definition) is 5. The van der Waals surface area contributed by atoms with Crippen LogP contribution >= 0.6 is 11.8 Å². The molecule has 0 spiro atoms. The van der Waals surface area contributed by atoms with Crippen molar-refractivity contribution in [1.29, 1.82) is 0 Å². The molecule has 0 aliphatic carbocycles. The highest BCUT2D eigenvalue weighted by Gasteiger charge is 2.41. The lowest BCUT2D eigenvalue weighted by Crippen LogP contribution is -2.60. The van der Waals surface area contributed by atoms with Gasteiger partial charge in [-0.25, -0.2) is 0 Å². The van der Waals surface area contributed by atoms with Crippen LogP contribution in [0, 0.1) is 0 Å². The number of hydrogen-bond donors (Lipinski definition) is 2. The maximum absolute atomic E-state index is 13.5. The molecular weight excluding hydrogens is 462 g/mol. The summed E-state index contributed by atoms with van der Waals surface area (Å²) in [6.07, 6.45) is 0.703. The molecule has 8 heteroatoms. The third kappa shape index (κ3) is 4.42. The van der Waals surface area contributed by atoms with Gasteiger partial charge in [-0.1, -0.05) is 48.5 Å². The molecular formula is C27H25N3O4S. The van der Waals surface area contributed by atoms with Crippen LogP contribution in [0.1, 0.15) is 22.0 Å². The molecule has 3 amide bonds. The van der Waals surface area contributed by atoms with Crippen molar-refractivity contribution in [3.63, 3.8) is 0 Å². The second-order valence-corrected chi connectivity index (χ2v) is 9.47. The summed E-state index contributed by atoms with van der Waals surface area (Å²) in [6, 6.07) is 21.4. The maximum atomic E-state index is 13.5. The van der Waals surface area contributed by atoms with Crippen molar-refractivity contribution in [2.24, 2.45) is 0 Å². The lowest BCUT2D eigenvalue weighted by Gasteiger charge is -2.40. The van der Waals surface area contributed by atoms with Gasteiger partial charge in [-0.2, -0.15) is 0 Å². The predicted octanol–water partition coefficient (Wildman–Crippen LogP) is 3.41. The Bertz CT molecular complexity index is 1280. The molecule has 1 saturated heterocycles. The van der Waals surface area contributed by atoms with Gasteiger partial charge in [0.2, 0.25) is 5.91 Å². The largest absolute Gasteiger partial charge is 0.378 e. The number of amides is 3. The molecule has 2 N–H and O–H groups in total. The van der Waals surface area contributed by atoms with Gasteiger partial charge < -0.3 is 20.2 Å². The van der Waals surface area contributed by atoms with E-state index in [2.05, 4.69) is 5.32 Å². The molecule has 3 aromatic carbocycles. The third-order valence-corrected chi connectivity index (χ3v) is 7.28. The highest BCUT2D eigenvalue weighted by atomic mass is 32.2. The quantitative estimate of drug-likeness (QED) is 0.551. The Morgan fingerprint density at radius 1 is 1.00 bits per heavy atom. The minimum atomic E-state index is -1.32. The molecule has 2 heterocycles. The van der Waals surface area contributed by atoms with Crippen LogP contribution in [0.3, 0.4) is 0 Å². The lowest BCUT2D eigenvalue weighted by atomic mass is 10.0. The Kier molecular flexibility index (Phi) is 6.32. The second-order valence-electron chi connectivity index (χ2n) is 8.59. The first-order valence-corrected chi connectivity index (χ1v) is 12.6. The van der Waals surface area contributed by atoms with Crippen LogP contribution in [0.15, 0.2) is 77.7 Å². The lowest BCUT2D eigenvalue weighted by molar-refractivity contribution is -0.144. The van der Waals surface area contributed by atoms with Gasteiger partial charge >= 0.3 is 0 Å². The van der Waals surface area contributed by atoms with Gasteiger partial charge in [0.1, 0.15) is 6.04 Å². The zero-order valence-electron chi connectivity index (χ0n) is 19.2. The van der Waals surface area contributed by atoms with Gasteiger partial charge in [0.05, 0.1) is 17.8 Å². The van der Waals surface area contributed by atoms with E-state index in [0.717, 1.165) is 16.0 Å². The number of benzene rings is 3. The summed E-state index contributed by atoms with van der Waals surface area (Å²) < 4.78 is 0.